The Hall–Kier alpha value is -1.26. The Morgan fingerprint density at radius 2 is 1.68 bits per heavy atom. The molecule has 2 atom stereocenters. The average molecular weight is 268 g/mol. The second-order valence-electron chi connectivity index (χ2n) is 6.42. The van der Waals surface area contributed by atoms with Crippen LogP contribution in [0.5, 0.6) is 0 Å². The Labute approximate surface area is 114 Å². The molecule has 0 aromatic heterocycles. The van der Waals surface area contributed by atoms with Crippen LogP contribution in [0.4, 0.5) is 4.79 Å². The van der Waals surface area contributed by atoms with Gasteiger partial charge in [0.1, 0.15) is 5.60 Å². The van der Waals surface area contributed by atoms with Crippen molar-refractivity contribution in [2.75, 3.05) is 13.1 Å². The smallest absolute Gasteiger partial charge is 0.410 e. The van der Waals surface area contributed by atoms with Gasteiger partial charge in [-0.2, -0.15) is 0 Å². The fourth-order valence-corrected chi connectivity index (χ4v) is 2.97. The van der Waals surface area contributed by atoms with E-state index in [1.807, 2.05) is 32.6 Å². The number of rotatable bonds is 1. The number of ether oxygens (including phenoxy) is 1. The number of hydrogen-bond donors (Lipinski definition) is 0. The molecule has 0 N–H and O–H groups in total. The molecule has 108 valence electrons. The molecule has 2 aliphatic heterocycles. The number of hydrogen-bond acceptors (Lipinski definition) is 3. The van der Waals surface area contributed by atoms with Gasteiger partial charge < -0.3 is 14.5 Å². The Balaban J connectivity index is 2.00. The van der Waals surface area contributed by atoms with Crippen LogP contribution >= 0.6 is 0 Å². The number of nitrogens with zero attached hydrogens (tertiary/aromatic N) is 2. The first-order valence-electron chi connectivity index (χ1n) is 7.11. The van der Waals surface area contributed by atoms with Crippen molar-refractivity contribution in [3.05, 3.63) is 0 Å². The van der Waals surface area contributed by atoms with Gasteiger partial charge in [-0.05, 0) is 33.6 Å². The van der Waals surface area contributed by atoms with Crippen molar-refractivity contribution in [3.8, 4) is 0 Å². The lowest BCUT2D eigenvalue weighted by Gasteiger charge is -2.41. The summed E-state index contributed by atoms with van der Waals surface area (Å²) in [5, 5.41) is 0. The van der Waals surface area contributed by atoms with E-state index in [4.69, 9.17) is 4.74 Å². The SMILES string of the molecule is CCC(=O)N1C2CC[C@@H]1CN(C(=O)OC(C)(C)C)C2. The van der Waals surface area contributed by atoms with E-state index >= 15 is 0 Å². The van der Waals surface area contributed by atoms with E-state index in [2.05, 4.69) is 0 Å². The molecule has 5 nitrogen and oxygen atoms in total. The van der Waals surface area contributed by atoms with Gasteiger partial charge in [-0.15, -0.1) is 0 Å². The molecule has 2 bridgehead atoms. The van der Waals surface area contributed by atoms with Crippen LogP contribution in [0.15, 0.2) is 0 Å². The third-order valence-electron chi connectivity index (χ3n) is 3.72. The summed E-state index contributed by atoms with van der Waals surface area (Å²) in [7, 11) is 0. The first-order valence-corrected chi connectivity index (χ1v) is 7.11. The second-order valence-corrected chi connectivity index (χ2v) is 6.42. The van der Waals surface area contributed by atoms with E-state index in [1.54, 1.807) is 4.90 Å². The molecule has 0 aliphatic carbocycles. The predicted molar refractivity (Wildman–Crippen MR) is 71.8 cm³/mol. The molecular weight excluding hydrogens is 244 g/mol. The lowest BCUT2D eigenvalue weighted by molar-refractivity contribution is -0.136. The molecule has 0 aromatic carbocycles. The molecule has 2 rings (SSSR count). The second kappa shape index (κ2) is 5.02. The molecule has 19 heavy (non-hydrogen) atoms. The standard InChI is InChI=1S/C14H24N2O3/c1-5-12(17)16-10-6-7-11(16)9-15(8-10)13(18)19-14(2,3)4/h10-11H,5-9H2,1-4H3/t10-,11?/m1/s1. The first kappa shape index (κ1) is 14.2. The van der Waals surface area contributed by atoms with E-state index < -0.39 is 5.60 Å². The Bertz CT molecular complexity index is 361. The van der Waals surface area contributed by atoms with Crippen LogP contribution in [0.1, 0.15) is 47.0 Å². The summed E-state index contributed by atoms with van der Waals surface area (Å²) in [5.74, 6) is 0.205. The van der Waals surface area contributed by atoms with Gasteiger partial charge in [0.2, 0.25) is 5.91 Å². The van der Waals surface area contributed by atoms with Crippen molar-refractivity contribution in [2.45, 2.75) is 64.6 Å². The van der Waals surface area contributed by atoms with Crippen molar-refractivity contribution in [1.82, 2.24) is 9.80 Å². The average Bonchev–Trinajstić information content (AvgIpc) is 2.56. The third-order valence-corrected chi connectivity index (χ3v) is 3.72. The Kier molecular flexibility index (Phi) is 3.74. The van der Waals surface area contributed by atoms with Gasteiger partial charge in [0.25, 0.3) is 0 Å². The summed E-state index contributed by atoms with van der Waals surface area (Å²) >= 11 is 0. The zero-order valence-electron chi connectivity index (χ0n) is 12.3. The maximum absolute atomic E-state index is 12.1. The van der Waals surface area contributed by atoms with Crippen LogP contribution in [-0.2, 0) is 9.53 Å². The van der Waals surface area contributed by atoms with E-state index in [-0.39, 0.29) is 24.1 Å². The van der Waals surface area contributed by atoms with E-state index in [9.17, 15) is 9.59 Å². The molecule has 1 unspecified atom stereocenters. The third kappa shape index (κ3) is 3.01. The van der Waals surface area contributed by atoms with Crippen molar-refractivity contribution in [1.29, 1.82) is 0 Å². The summed E-state index contributed by atoms with van der Waals surface area (Å²) in [6.45, 7) is 8.72. The van der Waals surface area contributed by atoms with Crippen molar-refractivity contribution >= 4 is 12.0 Å². The van der Waals surface area contributed by atoms with Gasteiger partial charge >= 0.3 is 6.09 Å². The van der Waals surface area contributed by atoms with Crippen LogP contribution in [0.25, 0.3) is 0 Å². The lowest BCUT2D eigenvalue weighted by atomic mass is 10.1. The van der Waals surface area contributed by atoms with Crippen LogP contribution in [0.3, 0.4) is 0 Å². The largest absolute Gasteiger partial charge is 0.444 e. The van der Waals surface area contributed by atoms with E-state index in [0.717, 1.165) is 12.8 Å². The number of amides is 2. The van der Waals surface area contributed by atoms with Crippen molar-refractivity contribution < 1.29 is 14.3 Å². The van der Waals surface area contributed by atoms with Crippen LogP contribution in [-0.4, -0.2) is 52.6 Å². The Morgan fingerprint density at radius 1 is 1.16 bits per heavy atom. The zero-order valence-corrected chi connectivity index (χ0v) is 12.3. The summed E-state index contributed by atoms with van der Waals surface area (Å²) in [6, 6.07) is 0.359. The minimum Gasteiger partial charge on any atom is -0.444 e. The molecule has 5 heteroatoms. The highest BCUT2D eigenvalue weighted by molar-refractivity contribution is 5.77. The molecule has 2 aliphatic rings. The van der Waals surface area contributed by atoms with Crippen molar-refractivity contribution in [2.24, 2.45) is 0 Å². The van der Waals surface area contributed by atoms with Gasteiger partial charge in [0.15, 0.2) is 0 Å². The summed E-state index contributed by atoms with van der Waals surface area (Å²) in [5.41, 5.74) is -0.466. The molecule has 0 saturated carbocycles. The number of piperazine rings is 1. The topological polar surface area (TPSA) is 49.9 Å². The maximum atomic E-state index is 12.1. The quantitative estimate of drug-likeness (QED) is 0.731. The highest BCUT2D eigenvalue weighted by Crippen LogP contribution is 2.31. The summed E-state index contributed by atoms with van der Waals surface area (Å²) in [6.07, 6.45) is 2.28. The Morgan fingerprint density at radius 3 is 2.11 bits per heavy atom. The molecular formula is C14H24N2O3. The number of likely N-dealkylation sites (tertiary alicyclic amines) is 1. The highest BCUT2D eigenvalue weighted by atomic mass is 16.6. The van der Waals surface area contributed by atoms with E-state index in [1.165, 1.54) is 0 Å². The minimum absolute atomic E-state index is 0.179. The zero-order chi connectivity index (χ0) is 14.2. The molecule has 0 aromatic rings. The van der Waals surface area contributed by atoms with Crippen molar-refractivity contribution in [3.63, 3.8) is 0 Å². The molecule has 0 radical (unpaired) electrons. The lowest BCUT2D eigenvalue weighted by Crippen LogP contribution is -2.57. The number of fused-ring (bicyclic) bond motifs is 2. The molecule has 2 fully saturated rings. The van der Waals surface area contributed by atoms with Crippen LogP contribution < -0.4 is 0 Å². The molecule has 2 heterocycles. The van der Waals surface area contributed by atoms with Gasteiger partial charge in [-0.25, -0.2) is 4.79 Å². The highest BCUT2D eigenvalue weighted by Gasteiger charge is 2.43. The summed E-state index contributed by atoms with van der Waals surface area (Å²) in [4.78, 5) is 27.7. The molecule has 2 saturated heterocycles. The normalized spacial score (nSPS) is 26.5. The van der Waals surface area contributed by atoms with Crippen LogP contribution in [0.2, 0.25) is 0 Å². The van der Waals surface area contributed by atoms with Gasteiger partial charge in [0.05, 0.1) is 0 Å². The predicted octanol–water partition coefficient (Wildman–Crippen LogP) is 2.01. The molecule has 0 spiro atoms. The maximum Gasteiger partial charge on any atom is 0.410 e. The van der Waals surface area contributed by atoms with Crippen LogP contribution in [0, 0.1) is 0 Å². The van der Waals surface area contributed by atoms with Gasteiger partial charge in [0, 0.05) is 31.6 Å². The van der Waals surface area contributed by atoms with E-state index in [0.29, 0.717) is 19.5 Å². The monoisotopic (exact) mass is 268 g/mol. The fourth-order valence-electron chi connectivity index (χ4n) is 2.97. The first-order chi connectivity index (χ1) is 8.81. The van der Waals surface area contributed by atoms with Gasteiger partial charge in [-0.1, -0.05) is 6.92 Å². The number of carbonyl (C=O) groups is 2. The fraction of sp³-hybridized carbons (Fsp3) is 0.857. The minimum atomic E-state index is -0.466. The molecule has 2 amide bonds. The summed E-state index contributed by atoms with van der Waals surface area (Å²) < 4.78 is 5.41. The number of carbonyl (C=O) groups excluding carboxylic acids is 2. The van der Waals surface area contributed by atoms with Gasteiger partial charge in [-0.3, -0.25) is 4.79 Å².